The first-order chi connectivity index (χ1) is 17.5. The van der Waals surface area contributed by atoms with Crippen LogP contribution in [0.3, 0.4) is 0 Å². The summed E-state index contributed by atoms with van der Waals surface area (Å²) in [4.78, 5) is 21.9. The van der Waals surface area contributed by atoms with Crippen LogP contribution in [0.5, 0.6) is 0 Å². The molecule has 4 heterocycles. The molecule has 1 aliphatic rings. The number of rotatable bonds is 4. The van der Waals surface area contributed by atoms with Crippen molar-refractivity contribution in [1.29, 1.82) is 0 Å². The fraction of sp³-hybridized carbons (Fsp3) is 0.208. The number of hydrogen-bond acceptors (Lipinski definition) is 7. The first-order valence-corrected chi connectivity index (χ1v) is 10.9. The number of alkyl halides is 6. The van der Waals surface area contributed by atoms with E-state index in [1.54, 1.807) is 6.07 Å². The lowest BCUT2D eigenvalue weighted by atomic mass is 10.1. The van der Waals surface area contributed by atoms with Gasteiger partial charge in [0.15, 0.2) is 11.6 Å². The highest BCUT2D eigenvalue weighted by Crippen LogP contribution is 2.37. The molecule has 0 bridgehead atoms. The van der Waals surface area contributed by atoms with E-state index in [9.17, 15) is 26.3 Å². The van der Waals surface area contributed by atoms with Gasteiger partial charge in [-0.1, -0.05) is 18.2 Å². The number of aromatic nitrogens is 5. The SMILES string of the molecule is CN1CCc2cccc(-c3nc(Nc4ccnc(C(F)(F)F)c4)nc(-c4cccc(C(F)(F)F)n4)n3)c21. The van der Waals surface area contributed by atoms with Crippen molar-refractivity contribution in [1.82, 2.24) is 24.9 Å². The maximum absolute atomic E-state index is 13.3. The van der Waals surface area contributed by atoms with Gasteiger partial charge in [-0.25, -0.2) is 9.97 Å². The number of nitrogens with one attached hydrogen (secondary N) is 1. The molecule has 7 nitrogen and oxygen atoms in total. The maximum atomic E-state index is 13.3. The fourth-order valence-corrected chi connectivity index (χ4v) is 4.00. The van der Waals surface area contributed by atoms with E-state index in [-0.39, 0.29) is 29.0 Å². The number of halogens is 6. The largest absolute Gasteiger partial charge is 0.433 e. The molecule has 3 aromatic heterocycles. The van der Waals surface area contributed by atoms with Gasteiger partial charge in [-0.2, -0.15) is 36.3 Å². The van der Waals surface area contributed by atoms with Gasteiger partial charge >= 0.3 is 12.4 Å². The topological polar surface area (TPSA) is 79.7 Å². The van der Waals surface area contributed by atoms with Crippen LogP contribution in [0, 0.1) is 0 Å². The zero-order valence-electron chi connectivity index (χ0n) is 19.1. The molecule has 0 radical (unpaired) electrons. The molecule has 1 aromatic carbocycles. The van der Waals surface area contributed by atoms with E-state index >= 15 is 0 Å². The first-order valence-electron chi connectivity index (χ1n) is 10.9. The Labute approximate surface area is 206 Å². The van der Waals surface area contributed by atoms with Gasteiger partial charge in [-0.3, -0.25) is 4.98 Å². The Morgan fingerprint density at radius 1 is 0.811 bits per heavy atom. The molecular formula is C24H17F6N7. The van der Waals surface area contributed by atoms with E-state index in [0.717, 1.165) is 42.5 Å². The minimum Gasteiger partial charge on any atom is -0.373 e. The number of nitrogens with zero attached hydrogens (tertiary/aromatic N) is 6. The molecule has 13 heteroatoms. The number of para-hydroxylation sites is 1. The van der Waals surface area contributed by atoms with Crippen molar-refractivity contribution in [3.8, 4) is 22.9 Å². The minimum absolute atomic E-state index is 0.0159. The van der Waals surface area contributed by atoms with Crippen molar-refractivity contribution < 1.29 is 26.3 Å². The van der Waals surface area contributed by atoms with Gasteiger partial charge in [-0.05, 0) is 42.3 Å². The summed E-state index contributed by atoms with van der Waals surface area (Å²) in [5.41, 5.74) is 0.0381. The van der Waals surface area contributed by atoms with Crippen LogP contribution in [-0.2, 0) is 18.8 Å². The van der Waals surface area contributed by atoms with Gasteiger partial charge in [0, 0.05) is 31.0 Å². The lowest BCUT2D eigenvalue weighted by Crippen LogP contribution is -2.14. The summed E-state index contributed by atoms with van der Waals surface area (Å²) >= 11 is 0. The Morgan fingerprint density at radius 2 is 1.54 bits per heavy atom. The van der Waals surface area contributed by atoms with Crippen molar-refractivity contribution in [2.24, 2.45) is 0 Å². The molecular weight excluding hydrogens is 500 g/mol. The summed E-state index contributed by atoms with van der Waals surface area (Å²) < 4.78 is 79.3. The molecule has 0 saturated carbocycles. The predicted molar refractivity (Wildman–Crippen MR) is 123 cm³/mol. The van der Waals surface area contributed by atoms with Gasteiger partial charge in [0.2, 0.25) is 5.95 Å². The molecule has 1 aliphatic heterocycles. The van der Waals surface area contributed by atoms with E-state index in [0.29, 0.717) is 5.56 Å². The van der Waals surface area contributed by atoms with Crippen molar-refractivity contribution in [3.63, 3.8) is 0 Å². The summed E-state index contributed by atoms with van der Waals surface area (Å²) in [6.07, 6.45) is -7.61. The van der Waals surface area contributed by atoms with E-state index in [1.165, 1.54) is 18.2 Å². The smallest absolute Gasteiger partial charge is 0.373 e. The average molecular weight is 517 g/mol. The van der Waals surface area contributed by atoms with Crippen LogP contribution in [0.1, 0.15) is 17.0 Å². The number of anilines is 3. The Bertz CT molecular complexity index is 1470. The Morgan fingerprint density at radius 3 is 2.30 bits per heavy atom. The van der Waals surface area contributed by atoms with Crippen LogP contribution < -0.4 is 10.2 Å². The van der Waals surface area contributed by atoms with Crippen molar-refractivity contribution in [3.05, 3.63) is 71.7 Å². The quantitative estimate of drug-likeness (QED) is 0.345. The second-order valence-electron chi connectivity index (χ2n) is 8.25. The lowest BCUT2D eigenvalue weighted by molar-refractivity contribution is -0.141. The molecule has 0 saturated heterocycles. The number of fused-ring (bicyclic) bond motifs is 1. The number of likely N-dealkylation sites (N-methyl/N-ethyl adjacent to an activating group) is 1. The van der Waals surface area contributed by atoms with Crippen LogP contribution in [0.4, 0.5) is 43.7 Å². The monoisotopic (exact) mass is 517 g/mol. The molecule has 0 unspecified atom stereocenters. The minimum atomic E-state index is -4.69. The standard InChI is InChI=1S/C24H17F6N7/c1-37-11-9-13-4-2-5-15(19(13)37)20-34-21(16-6-3-7-17(33-16)23(25,26)27)36-22(35-20)32-14-8-10-31-18(12-14)24(28,29)30/h2-8,10,12H,9,11H2,1H3,(H,31,32,34,35,36). The van der Waals surface area contributed by atoms with E-state index in [2.05, 4.69) is 30.2 Å². The van der Waals surface area contributed by atoms with Crippen molar-refractivity contribution in [2.45, 2.75) is 18.8 Å². The van der Waals surface area contributed by atoms with Crippen LogP contribution in [0.25, 0.3) is 22.9 Å². The molecule has 4 aromatic rings. The highest BCUT2D eigenvalue weighted by Gasteiger charge is 2.34. The Hall–Kier alpha value is -4.29. The van der Waals surface area contributed by atoms with Gasteiger partial charge in [0.25, 0.3) is 0 Å². The lowest BCUT2D eigenvalue weighted by Gasteiger charge is -2.17. The van der Waals surface area contributed by atoms with Gasteiger partial charge in [0.05, 0.1) is 5.69 Å². The zero-order chi connectivity index (χ0) is 26.4. The summed E-state index contributed by atoms with van der Waals surface area (Å²) in [6.45, 7) is 0.752. The second kappa shape index (κ2) is 8.98. The number of benzene rings is 1. The normalized spacial score (nSPS) is 13.5. The average Bonchev–Trinajstić information content (AvgIpc) is 3.24. The summed E-state index contributed by atoms with van der Waals surface area (Å²) in [7, 11) is 1.89. The molecule has 0 spiro atoms. The highest BCUT2D eigenvalue weighted by molar-refractivity contribution is 5.80. The third-order valence-corrected chi connectivity index (χ3v) is 5.67. The molecule has 0 aliphatic carbocycles. The summed E-state index contributed by atoms with van der Waals surface area (Å²) in [5.74, 6) is -0.221. The molecule has 0 fully saturated rings. The summed E-state index contributed by atoms with van der Waals surface area (Å²) in [6, 6.07) is 10.9. The van der Waals surface area contributed by atoms with Gasteiger partial charge < -0.3 is 10.2 Å². The molecule has 190 valence electrons. The fourth-order valence-electron chi connectivity index (χ4n) is 4.00. The van der Waals surface area contributed by atoms with Crippen LogP contribution in [0.15, 0.2) is 54.7 Å². The third kappa shape index (κ3) is 5.01. The van der Waals surface area contributed by atoms with Gasteiger partial charge in [0.1, 0.15) is 17.1 Å². The highest BCUT2D eigenvalue weighted by atomic mass is 19.4. The van der Waals surface area contributed by atoms with Crippen molar-refractivity contribution in [2.75, 3.05) is 23.8 Å². The molecule has 5 rings (SSSR count). The third-order valence-electron chi connectivity index (χ3n) is 5.67. The molecule has 0 amide bonds. The van der Waals surface area contributed by atoms with E-state index in [4.69, 9.17) is 0 Å². The maximum Gasteiger partial charge on any atom is 0.433 e. The van der Waals surface area contributed by atoms with Crippen LogP contribution in [-0.4, -0.2) is 38.5 Å². The molecule has 37 heavy (non-hydrogen) atoms. The van der Waals surface area contributed by atoms with Crippen LogP contribution in [0.2, 0.25) is 0 Å². The summed E-state index contributed by atoms with van der Waals surface area (Å²) in [5, 5.41) is 2.69. The molecule has 1 N–H and O–H groups in total. The van der Waals surface area contributed by atoms with Crippen molar-refractivity contribution >= 4 is 17.3 Å². The predicted octanol–water partition coefficient (Wildman–Crippen LogP) is 5.77. The Balaban J connectivity index is 1.65. The van der Waals surface area contributed by atoms with E-state index < -0.39 is 23.7 Å². The number of hydrogen-bond donors (Lipinski definition) is 1. The first kappa shape index (κ1) is 24.4. The second-order valence-corrected chi connectivity index (χ2v) is 8.25. The molecule has 0 atom stereocenters. The zero-order valence-corrected chi connectivity index (χ0v) is 19.1. The van der Waals surface area contributed by atoms with Crippen LogP contribution >= 0.6 is 0 Å². The Kier molecular flexibility index (Phi) is 5.92. The van der Waals surface area contributed by atoms with E-state index in [1.807, 2.05) is 24.1 Å². The van der Waals surface area contributed by atoms with Gasteiger partial charge in [-0.15, -0.1) is 0 Å². The number of pyridine rings is 2.